The number of para-hydroxylation sites is 2. The second kappa shape index (κ2) is 12.9. The quantitative estimate of drug-likeness (QED) is 0.177. The molecule has 2 heterocycles. The Balaban J connectivity index is 0.00000306. The van der Waals surface area contributed by atoms with E-state index in [1.807, 2.05) is 12.4 Å². The van der Waals surface area contributed by atoms with Gasteiger partial charge in [0, 0.05) is 38.6 Å². The zero-order chi connectivity index (χ0) is 22.2. The molecule has 1 fully saturated rings. The predicted molar refractivity (Wildman–Crippen MR) is 144 cm³/mol. The lowest BCUT2D eigenvalue weighted by Gasteiger charge is -2.25. The van der Waals surface area contributed by atoms with E-state index in [-0.39, 0.29) is 24.0 Å². The number of hydrogen-bond donors (Lipinski definition) is 2. The van der Waals surface area contributed by atoms with Crippen LogP contribution in [0, 0.1) is 6.92 Å². The molecule has 8 nitrogen and oxygen atoms in total. The molecule has 0 amide bonds. The molecule has 0 spiro atoms. The normalized spacial score (nSPS) is 14.9. The minimum Gasteiger partial charge on any atom is -0.355 e. The largest absolute Gasteiger partial charge is 0.355 e. The molecule has 1 saturated carbocycles. The van der Waals surface area contributed by atoms with Gasteiger partial charge in [-0.2, -0.15) is 0 Å². The lowest BCUT2D eigenvalue weighted by atomic mass is 9.96. The second-order valence-electron chi connectivity index (χ2n) is 8.58. The molecule has 2 N–H and O–H groups in total. The Bertz CT molecular complexity index is 1020. The zero-order valence-electron chi connectivity index (χ0n) is 19.8. The number of benzene rings is 1. The SMILES string of the molecule is CCc1nncn1CCNC(=NCCCn1c(C)nc2ccccc21)NC1CCCCC1.I. The van der Waals surface area contributed by atoms with E-state index in [9.17, 15) is 0 Å². The fraction of sp³-hybridized carbons (Fsp3) is 0.583. The van der Waals surface area contributed by atoms with Crippen LogP contribution in [0.3, 0.4) is 0 Å². The Morgan fingerprint density at radius 3 is 2.79 bits per heavy atom. The third-order valence-electron chi connectivity index (χ3n) is 6.26. The fourth-order valence-electron chi connectivity index (χ4n) is 4.52. The summed E-state index contributed by atoms with van der Waals surface area (Å²) in [4.78, 5) is 9.58. The van der Waals surface area contributed by atoms with Gasteiger partial charge in [0.1, 0.15) is 18.0 Å². The minimum absolute atomic E-state index is 0. The molecule has 0 bridgehead atoms. The summed E-state index contributed by atoms with van der Waals surface area (Å²) in [5.74, 6) is 3.01. The van der Waals surface area contributed by atoms with Crippen LogP contribution < -0.4 is 10.6 Å². The first-order valence-corrected chi connectivity index (χ1v) is 12.1. The Morgan fingerprint density at radius 2 is 1.97 bits per heavy atom. The number of hydrogen-bond acceptors (Lipinski definition) is 4. The van der Waals surface area contributed by atoms with E-state index in [1.165, 1.54) is 37.6 Å². The maximum Gasteiger partial charge on any atom is 0.191 e. The van der Waals surface area contributed by atoms with Gasteiger partial charge in [0.2, 0.25) is 0 Å². The average Bonchev–Trinajstić information content (AvgIpc) is 3.40. The number of nitrogens with zero attached hydrogens (tertiary/aromatic N) is 6. The Kier molecular flexibility index (Phi) is 9.95. The first kappa shape index (κ1) is 25.5. The van der Waals surface area contributed by atoms with E-state index in [1.54, 1.807) is 0 Å². The molecular formula is C24H37IN8. The van der Waals surface area contributed by atoms with Crippen LogP contribution in [0.15, 0.2) is 35.6 Å². The fourth-order valence-corrected chi connectivity index (χ4v) is 4.52. The number of aliphatic imine (C=N–C) groups is 1. The zero-order valence-corrected chi connectivity index (χ0v) is 22.2. The van der Waals surface area contributed by atoms with Gasteiger partial charge < -0.3 is 19.8 Å². The van der Waals surface area contributed by atoms with Crippen molar-refractivity contribution in [2.45, 2.75) is 77.9 Å². The first-order chi connectivity index (χ1) is 15.7. The van der Waals surface area contributed by atoms with Gasteiger partial charge >= 0.3 is 0 Å². The molecule has 0 aliphatic heterocycles. The van der Waals surface area contributed by atoms with E-state index in [0.717, 1.165) is 62.1 Å². The standard InChI is InChI=1S/C24H36N8.HI/c1-3-23-30-27-18-31(23)17-15-26-24(29-20-10-5-4-6-11-20)25-14-9-16-32-19(2)28-21-12-7-8-13-22(21)32;/h7-8,12-13,18,20H,3-6,9-11,14-17H2,1-2H3,(H2,25,26,29);1H. The topological polar surface area (TPSA) is 85.0 Å². The lowest BCUT2D eigenvalue weighted by Crippen LogP contribution is -2.45. The molecule has 180 valence electrons. The molecule has 4 rings (SSSR count). The molecule has 3 aromatic rings. The maximum absolute atomic E-state index is 4.91. The number of fused-ring (bicyclic) bond motifs is 1. The van der Waals surface area contributed by atoms with Crippen LogP contribution in [0.1, 0.15) is 57.1 Å². The van der Waals surface area contributed by atoms with Crippen LogP contribution in [0.2, 0.25) is 0 Å². The molecule has 1 aliphatic rings. The van der Waals surface area contributed by atoms with Gasteiger partial charge in [0.05, 0.1) is 11.0 Å². The third kappa shape index (κ3) is 6.91. The first-order valence-electron chi connectivity index (χ1n) is 12.1. The summed E-state index contributed by atoms with van der Waals surface area (Å²) in [6, 6.07) is 8.87. The number of rotatable bonds is 9. The number of nitrogens with one attached hydrogen (secondary N) is 2. The van der Waals surface area contributed by atoms with Gasteiger partial charge in [-0.15, -0.1) is 34.2 Å². The van der Waals surface area contributed by atoms with Gasteiger partial charge in [-0.3, -0.25) is 4.99 Å². The van der Waals surface area contributed by atoms with Crippen LogP contribution in [0.25, 0.3) is 11.0 Å². The summed E-state index contributed by atoms with van der Waals surface area (Å²) in [7, 11) is 0. The highest BCUT2D eigenvalue weighted by Gasteiger charge is 2.15. The summed E-state index contributed by atoms with van der Waals surface area (Å²) in [5, 5.41) is 15.4. The van der Waals surface area contributed by atoms with Gasteiger partial charge in [-0.1, -0.05) is 38.3 Å². The molecule has 0 atom stereocenters. The number of aromatic nitrogens is 5. The highest BCUT2D eigenvalue weighted by Crippen LogP contribution is 2.17. The number of aryl methyl sites for hydroxylation is 3. The number of halogens is 1. The summed E-state index contributed by atoms with van der Waals surface area (Å²) in [6.07, 6.45) is 10.1. The van der Waals surface area contributed by atoms with Crippen molar-refractivity contribution in [3.63, 3.8) is 0 Å². The minimum atomic E-state index is 0. The van der Waals surface area contributed by atoms with Gasteiger partial charge in [-0.05, 0) is 38.3 Å². The van der Waals surface area contributed by atoms with Crippen molar-refractivity contribution in [1.82, 2.24) is 34.9 Å². The molecular weight excluding hydrogens is 527 g/mol. The van der Waals surface area contributed by atoms with E-state index in [0.29, 0.717) is 6.04 Å². The van der Waals surface area contributed by atoms with Gasteiger partial charge in [0.25, 0.3) is 0 Å². The molecule has 0 unspecified atom stereocenters. The molecule has 33 heavy (non-hydrogen) atoms. The van der Waals surface area contributed by atoms with Crippen molar-refractivity contribution in [1.29, 1.82) is 0 Å². The van der Waals surface area contributed by atoms with E-state index >= 15 is 0 Å². The monoisotopic (exact) mass is 564 g/mol. The molecule has 1 aliphatic carbocycles. The van der Waals surface area contributed by atoms with E-state index in [2.05, 4.69) is 67.0 Å². The number of imidazole rings is 1. The Hall–Kier alpha value is -2.17. The summed E-state index contributed by atoms with van der Waals surface area (Å²) in [6.45, 7) is 7.53. The van der Waals surface area contributed by atoms with Crippen LogP contribution in [-0.4, -0.2) is 49.4 Å². The summed E-state index contributed by atoms with van der Waals surface area (Å²) in [5.41, 5.74) is 2.27. The molecule has 2 aromatic heterocycles. The molecule has 1 aromatic carbocycles. The third-order valence-corrected chi connectivity index (χ3v) is 6.26. The van der Waals surface area contributed by atoms with Crippen molar-refractivity contribution >= 4 is 41.0 Å². The Morgan fingerprint density at radius 1 is 1.15 bits per heavy atom. The van der Waals surface area contributed by atoms with Crippen LogP contribution in [-0.2, 0) is 19.5 Å². The van der Waals surface area contributed by atoms with E-state index < -0.39 is 0 Å². The average molecular weight is 565 g/mol. The highest BCUT2D eigenvalue weighted by molar-refractivity contribution is 14.0. The van der Waals surface area contributed by atoms with Crippen molar-refractivity contribution < 1.29 is 0 Å². The molecule has 0 radical (unpaired) electrons. The number of guanidine groups is 1. The van der Waals surface area contributed by atoms with Crippen LogP contribution in [0.4, 0.5) is 0 Å². The maximum atomic E-state index is 4.91. The Labute approximate surface area is 213 Å². The summed E-state index contributed by atoms with van der Waals surface area (Å²) >= 11 is 0. The second-order valence-corrected chi connectivity index (χ2v) is 8.58. The van der Waals surface area contributed by atoms with E-state index in [4.69, 9.17) is 4.99 Å². The van der Waals surface area contributed by atoms with Crippen molar-refractivity contribution in [2.24, 2.45) is 4.99 Å². The van der Waals surface area contributed by atoms with Gasteiger partial charge in [-0.25, -0.2) is 4.98 Å². The van der Waals surface area contributed by atoms with Crippen molar-refractivity contribution in [3.8, 4) is 0 Å². The van der Waals surface area contributed by atoms with Crippen molar-refractivity contribution in [3.05, 3.63) is 42.2 Å². The smallest absolute Gasteiger partial charge is 0.191 e. The molecule has 0 saturated heterocycles. The lowest BCUT2D eigenvalue weighted by molar-refractivity contribution is 0.409. The van der Waals surface area contributed by atoms with Crippen LogP contribution >= 0.6 is 24.0 Å². The van der Waals surface area contributed by atoms with Crippen molar-refractivity contribution in [2.75, 3.05) is 13.1 Å². The predicted octanol–water partition coefficient (Wildman–Crippen LogP) is 4.07. The van der Waals surface area contributed by atoms with Gasteiger partial charge in [0.15, 0.2) is 5.96 Å². The summed E-state index contributed by atoms with van der Waals surface area (Å²) < 4.78 is 4.41. The highest BCUT2D eigenvalue weighted by atomic mass is 127. The molecule has 9 heteroatoms. The van der Waals surface area contributed by atoms with Crippen LogP contribution in [0.5, 0.6) is 0 Å².